The van der Waals surface area contributed by atoms with Gasteiger partial charge in [0.25, 0.3) is 5.56 Å². The minimum atomic E-state index is -0.00160. The molecule has 4 aromatic rings. The molecule has 3 heterocycles. The number of thiophene rings is 1. The smallest absolute Gasteiger partial charge is 0.267 e. The Labute approximate surface area is 212 Å². The summed E-state index contributed by atoms with van der Waals surface area (Å²) < 4.78 is 7.35. The molecule has 1 aliphatic heterocycles. The summed E-state index contributed by atoms with van der Waals surface area (Å²) in [4.78, 5) is 23.5. The number of ether oxygens (including phenoxy) is 1. The molecule has 0 fully saturated rings. The highest BCUT2D eigenvalue weighted by molar-refractivity contribution is 7.98. The van der Waals surface area contributed by atoms with Crippen LogP contribution in [0.4, 0.5) is 0 Å². The molecule has 0 aliphatic carbocycles. The van der Waals surface area contributed by atoms with Gasteiger partial charge in [0.05, 0.1) is 17.7 Å². The van der Waals surface area contributed by atoms with Crippen molar-refractivity contribution in [3.05, 3.63) is 79.9 Å². The Kier molecular flexibility index (Phi) is 6.97. The molecule has 5 nitrogen and oxygen atoms in total. The summed E-state index contributed by atoms with van der Waals surface area (Å²) in [6.07, 6.45) is 0.884. The Morgan fingerprint density at radius 2 is 1.94 bits per heavy atom. The van der Waals surface area contributed by atoms with Crippen molar-refractivity contribution >= 4 is 44.9 Å². The minimum Gasteiger partial charge on any atom is -0.494 e. The molecule has 34 heavy (non-hydrogen) atoms. The molecule has 0 amide bonds. The van der Waals surface area contributed by atoms with Crippen molar-refractivity contribution in [2.24, 2.45) is 0 Å². The topological polar surface area (TPSA) is 47.4 Å². The number of fused-ring (bicyclic) bond motifs is 3. The summed E-state index contributed by atoms with van der Waals surface area (Å²) in [6, 6.07) is 15.5. The number of rotatable bonds is 7. The predicted octanol–water partition coefficient (Wildman–Crippen LogP) is 6.17. The fourth-order valence-electron chi connectivity index (χ4n) is 4.29. The molecule has 2 aromatic carbocycles. The highest BCUT2D eigenvalue weighted by Gasteiger charge is 2.25. The third-order valence-electron chi connectivity index (χ3n) is 6.09. The maximum absolute atomic E-state index is 14.0. The number of thioether (sulfide) groups is 1. The maximum Gasteiger partial charge on any atom is 0.267 e. The minimum absolute atomic E-state index is 0.00160. The van der Waals surface area contributed by atoms with Crippen molar-refractivity contribution in [1.82, 2.24) is 14.5 Å². The molecule has 0 spiro atoms. The van der Waals surface area contributed by atoms with Crippen molar-refractivity contribution < 1.29 is 4.74 Å². The van der Waals surface area contributed by atoms with Gasteiger partial charge in [0.15, 0.2) is 5.16 Å². The van der Waals surface area contributed by atoms with Crippen LogP contribution in [0.5, 0.6) is 5.75 Å². The van der Waals surface area contributed by atoms with E-state index in [1.54, 1.807) is 15.9 Å². The molecule has 5 rings (SSSR count). The van der Waals surface area contributed by atoms with Crippen LogP contribution in [0.25, 0.3) is 15.9 Å². The number of halogens is 1. The molecule has 0 bridgehead atoms. The molecule has 0 N–H and O–H groups in total. The third-order valence-corrected chi connectivity index (χ3v) is 8.56. The quantitative estimate of drug-likeness (QED) is 0.219. The molecule has 0 radical (unpaired) electrons. The summed E-state index contributed by atoms with van der Waals surface area (Å²) in [7, 11) is 0. The second kappa shape index (κ2) is 10.1. The van der Waals surface area contributed by atoms with E-state index < -0.39 is 0 Å². The lowest BCUT2D eigenvalue weighted by Gasteiger charge is -2.25. The first-order valence-electron chi connectivity index (χ1n) is 11.5. The van der Waals surface area contributed by atoms with Crippen molar-refractivity contribution in [2.45, 2.75) is 37.7 Å². The first-order valence-corrected chi connectivity index (χ1v) is 13.7. The average Bonchev–Trinajstić information content (AvgIpc) is 3.22. The van der Waals surface area contributed by atoms with Gasteiger partial charge in [-0.2, -0.15) is 0 Å². The van der Waals surface area contributed by atoms with Crippen LogP contribution >= 0.6 is 34.7 Å². The van der Waals surface area contributed by atoms with Gasteiger partial charge in [-0.3, -0.25) is 14.3 Å². The van der Waals surface area contributed by atoms with Crippen molar-refractivity contribution in [2.75, 3.05) is 19.7 Å². The lowest BCUT2D eigenvalue weighted by atomic mass is 10.1. The number of aromatic nitrogens is 2. The molecule has 0 atom stereocenters. The van der Waals surface area contributed by atoms with E-state index in [2.05, 4.69) is 11.8 Å². The first kappa shape index (κ1) is 23.4. The van der Waals surface area contributed by atoms with Gasteiger partial charge in [-0.15, -0.1) is 11.3 Å². The zero-order valence-corrected chi connectivity index (χ0v) is 21.6. The van der Waals surface area contributed by atoms with Gasteiger partial charge in [0.1, 0.15) is 10.6 Å². The molecule has 1 aliphatic rings. The molecule has 0 unspecified atom stereocenters. The fourth-order valence-corrected chi connectivity index (χ4v) is 6.89. The fraction of sp³-hybridized carbons (Fsp3) is 0.308. The van der Waals surface area contributed by atoms with Crippen molar-refractivity contribution in [1.29, 1.82) is 0 Å². The van der Waals surface area contributed by atoms with Gasteiger partial charge in [-0.05, 0) is 61.3 Å². The predicted molar refractivity (Wildman–Crippen MR) is 142 cm³/mol. The Morgan fingerprint density at radius 3 is 2.68 bits per heavy atom. The van der Waals surface area contributed by atoms with Crippen LogP contribution in [0, 0.1) is 0 Å². The number of nitrogens with zero attached hydrogens (tertiary/aromatic N) is 3. The standard InChI is InChI=1S/C26H26ClN3O2S2/c1-3-29-14-13-20-22(15-29)34-24-23(20)25(31)30(18-9-11-19(12-10-18)32-4-2)26(28-24)33-16-17-7-5-6-8-21(17)27/h5-12H,3-4,13-16H2,1-2H3. The van der Waals surface area contributed by atoms with E-state index in [0.717, 1.165) is 58.3 Å². The molecule has 0 saturated carbocycles. The molecular formula is C26H26ClN3O2S2. The summed E-state index contributed by atoms with van der Waals surface area (Å²) in [5, 5.41) is 2.16. The number of likely N-dealkylation sites (N-methyl/N-ethyl adjacent to an activating group) is 1. The van der Waals surface area contributed by atoms with E-state index in [1.807, 2.05) is 55.5 Å². The largest absolute Gasteiger partial charge is 0.494 e. The third kappa shape index (κ3) is 4.50. The lowest BCUT2D eigenvalue weighted by molar-refractivity contribution is 0.272. The average molecular weight is 512 g/mol. The van der Waals surface area contributed by atoms with E-state index in [4.69, 9.17) is 21.3 Å². The zero-order chi connectivity index (χ0) is 23.7. The molecule has 2 aromatic heterocycles. The van der Waals surface area contributed by atoms with Crippen molar-refractivity contribution in [3.8, 4) is 11.4 Å². The summed E-state index contributed by atoms with van der Waals surface area (Å²) in [5.74, 6) is 1.41. The maximum atomic E-state index is 14.0. The second-order valence-corrected chi connectivity index (χ2v) is 10.6. The van der Waals surface area contributed by atoms with Crippen LogP contribution in [0.2, 0.25) is 5.02 Å². The van der Waals surface area contributed by atoms with E-state index in [1.165, 1.54) is 22.2 Å². The number of benzene rings is 2. The van der Waals surface area contributed by atoms with Crippen LogP contribution < -0.4 is 10.3 Å². The van der Waals surface area contributed by atoms with Crippen LogP contribution in [0.3, 0.4) is 0 Å². The van der Waals surface area contributed by atoms with Crippen molar-refractivity contribution in [3.63, 3.8) is 0 Å². The SMILES string of the molecule is CCOc1ccc(-n2c(SCc3ccccc3Cl)nc3sc4c(c3c2=O)CCN(CC)C4)cc1. The summed E-state index contributed by atoms with van der Waals surface area (Å²) >= 11 is 9.59. The van der Waals surface area contributed by atoms with Gasteiger partial charge in [-0.25, -0.2) is 4.98 Å². The van der Waals surface area contributed by atoms with Gasteiger partial charge in [-0.1, -0.05) is 48.5 Å². The number of hydrogen-bond acceptors (Lipinski definition) is 6. The highest BCUT2D eigenvalue weighted by Crippen LogP contribution is 2.35. The Hall–Kier alpha value is -2.32. The Bertz CT molecular complexity index is 1380. The van der Waals surface area contributed by atoms with Crippen LogP contribution in [0.1, 0.15) is 29.9 Å². The zero-order valence-electron chi connectivity index (χ0n) is 19.2. The summed E-state index contributed by atoms with van der Waals surface area (Å²) in [6.45, 7) is 7.61. The molecule has 0 saturated heterocycles. The van der Waals surface area contributed by atoms with E-state index >= 15 is 0 Å². The van der Waals surface area contributed by atoms with Gasteiger partial charge in [0, 0.05) is 28.7 Å². The van der Waals surface area contributed by atoms with Crippen LogP contribution in [-0.2, 0) is 18.7 Å². The Morgan fingerprint density at radius 1 is 1.15 bits per heavy atom. The lowest BCUT2D eigenvalue weighted by Crippen LogP contribution is -2.30. The molecular weight excluding hydrogens is 486 g/mol. The van der Waals surface area contributed by atoms with E-state index in [-0.39, 0.29) is 5.56 Å². The van der Waals surface area contributed by atoms with Gasteiger partial charge in [0.2, 0.25) is 0 Å². The number of hydrogen-bond donors (Lipinski definition) is 0. The monoisotopic (exact) mass is 511 g/mol. The van der Waals surface area contributed by atoms with E-state index in [9.17, 15) is 4.79 Å². The van der Waals surface area contributed by atoms with E-state index in [0.29, 0.717) is 17.5 Å². The van der Waals surface area contributed by atoms with Crippen LogP contribution in [0.15, 0.2) is 58.5 Å². The molecule has 176 valence electrons. The second-order valence-electron chi connectivity index (χ2n) is 8.14. The van der Waals surface area contributed by atoms with Crippen LogP contribution in [-0.4, -0.2) is 34.1 Å². The summed E-state index contributed by atoms with van der Waals surface area (Å²) in [5.41, 5.74) is 2.98. The highest BCUT2D eigenvalue weighted by atomic mass is 35.5. The van der Waals surface area contributed by atoms with Gasteiger partial charge < -0.3 is 4.74 Å². The normalized spacial score (nSPS) is 13.9. The first-order chi connectivity index (χ1) is 16.6. The van der Waals surface area contributed by atoms with Gasteiger partial charge >= 0.3 is 0 Å². The molecule has 8 heteroatoms. The Balaban J connectivity index is 1.63.